The number of aliphatic carboxylic acids is 2. The van der Waals surface area contributed by atoms with E-state index in [0.29, 0.717) is 5.69 Å². The predicted octanol–water partition coefficient (Wildman–Crippen LogP) is -0.513. The van der Waals surface area contributed by atoms with Gasteiger partial charge in [0.15, 0.2) is 16.9 Å². The molecule has 162 valence electrons. The van der Waals surface area contributed by atoms with E-state index >= 15 is 0 Å². The van der Waals surface area contributed by atoms with Gasteiger partial charge in [-0.1, -0.05) is 33.8 Å². The van der Waals surface area contributed by atoms with Crippen molar-refractivity contribution < 1.29 is 34.1 Å². The summed E-state index contributed by atoms with van der Waals surface area (Å²) in [5, 5.41) is 19.2. The summed E-state index contributed by atoms with van der Waals surface area (Å²) >= 11 is 0. The number of Topliss-reactive ketones (excluding diaryl/α,β-unsaturated/α-hetero) is 2. The molecule has 3 rings (SSSR count). The van der Waals surface area contributed by atoms with E-state index in [1.165, 1.54) is 6.20 Å². The van der Waals surface area contributed by atoms with Crippen LogP contribution in [-0.2, 0) is 29.3 Å². The van der Waals surface area contributed by atoms with Crippen LogP contribution in [0.1, 0.15) is 33.4 Å². The molecule has 1 heterocycles. The molecule has 4 atom stereocenters. The summed E-state index contributed by atoms with van der Waals surface area (Å²) in [5.41, 5.74) is 2.79. The Morgan fingerprint density at radius 3 is 2.03 bits per heavy atom. The quantitative estimate of drug-likeness (QED) is 0.400. The Bertz CT molecular complexity index is 962. The second-order valence-corrected chi connectivity index (χ2v) is 8.81. The summed E-state index contributed by atoms with van der Waals surface area (Å²) in [6.45, 7) is 5.74. The number of ether oxygens (including phenoxy) is 1. The van der Waals surface area contributed by atoms with Gasteiger partial charge in [-0.05, 0) is 18.1 Å². The number of carboxylic acids is 2. The van der Waals surface area contributed by atoms with E-state index in [0.717, 1.165) is 0 Å². The highest BCUT2D eigenvalue weighted by Gasteiger charge is 2.88. The Hall–Kier alpha value is -2.69. The molecular weight excluding hydrogens is 394 g/mol. The average Bonchev–Trinajstić information content (AvgIpc) is 3.40. The number of nitrogens with two attached hydrogens (primary N) is 2. The topological polar surface area (TPSA) is 183 Å². The molecule has 0 aliphatic heterocycles. The van der Waals surface area contributed by atoms with Crippen molar-refractivity contribution in [2.24, 2.45) is 22.8 Å². The number of hydrogen-bond acceptors (Lipinski definition) is 8. The fourth-order valence-corrected chi connectivity index (χ4v) is 4.75. The largest absolute Gasteiger partial charge is 0.480 e. The molecule has 6 N–H and O–H groups in total. The zero-order valence-electron chi connectivity index (χ0n) is 17.1. The molecule has 10 nitrogen and oxygen atoms in total. The lowest BCUT2D eigenvalue weighted by Crippen LogP contribution is -2.52. The van der Waals surface area contributed by atoms with Gasteiger partial charge in [-0.2, -0.15) is 0 Å². The molecule has 1 aromatic rings. The van der Waals surface area contributed by atoms with Gasteiger partial charge in [-0.3, -0.25) is 14.6 Å². The Labute approximate surface area is 172 Å². The van der Waals surface area contributed by atoms with Gasteiger partial charge in [0.2, 0.25) is 11.3 Å². The number of carbonyl (C=O) groups is 4. The minimum absolute atomic E-state index is 0.397. The fourth-order valence-electron chi connectivity index (χ4n) is 4.75. The molecule has 10 heteroatoms. The number of aromatic nitrogens is 1. The number of pyridine rings is 1. The molecule has 0 saturated heterocycles. The summed E-state index contributed by atoms with van der Waals surface area (Å²) in [7, 11) is 0. The van der Waals surface area contributed by atoms with Crippen LogP contribution < -0.4 is 11.5 Å². The van der Waals surface area contributed by atoms with E-state index in [4.69, 9.17) is 16.2 Å². The third-order valence-electron chi connectivity index (χ3n) is 6.95. The zero-order valence-corrected chi connectivity index (χ0v) is 17.1. The van der Waals surface area contributed by atoms with E-state index in [1.54, 1.807) is 45.9 Å². The van der Waals surface area contributed by atoms with Gasteiger partial charge in [0.1, 0.15) is 5.41 Å². The number of carbonyl (C=O) groups excluding carboxylic acids is 2. The first-order chi connectivity index (χ1) is 13.7. The molecule has 0 bridgehead atoms. The van der Waals surface area contributed by atoms with Gasteiger partial charge in [0.25, 0.3) is 0 Å². The fraction of sp³-hybridized carbons (Fsp3) is 0.550. The maximum Gasteiger partial charge on any atom is 0.335 e. The van der Waals surface area contributed by atoms with Crippen molar-refractivity contribution in [3.8, 4) is 0 Å². The van der Waals surface area contributed by atoms with E-state index in [9.17, 15) is 29.4 Å². The number of nitrogens with zero attached hydrogens (tertiary/aromatic N) is 1. The molecule has 0 spiro atoms. The van der Waals surface area contributed by atoms with Crippen LogP contribution >= 0.6 is 0 Å². The molecule has 0 aromatic carbocycles. The summed E-state index contributed by atoms with van der Waals surface area (Å²) in [5.74, 6) is -5.37. The average molecular weight is 419 g/mol. The minimum Gasteiger partial charge on any atom is -0.480 e. The van der Waals surface area contributed by atoms with Crippen LogP contribution in [0.2, 0.25) is 0 Å². The lowest BCUT2D eigenvalue weighted by atomic mass is 9.70. The molecule has 2 fully saturated rings. The van der Waals surface area contributed by atoms with E-state index in [1.807, 2.05) is 0 Å². The van der Waals surface area contributed by atoms with E-state index < -0.39 is 63.5 Å². The zero-order chi connectivity index (χ0) is 22.9. The van der Waals surface area contributed by atoms with E-state index in [-0.39, 0.29) is 0 Å². The second kappa shape index (κ2) is 6.16. The number of hydrogen-bond donors (Lipinski definition) is 4. The smallest absolute Gasteiger partial charge is 0.335 e. The monoisotopic (exact) mass is 419 g/mol. The van der Waals surface area contributed by atoms with Crippen molar-refractivity contribution in [2.45, 2.75) is 49.8 Å². The van der Waals surface area contributed by atoms with Crippen LogP contribution in [0.3, 0.4) is 0 Å². The molecule has 0 radical (unpaired) electrons. The molecule has 4 unspecified atom stereocenters. The Morgan fingerprint density at radius 2 is 1.67 bits per heavy atom. The maximum atomic E-state index is 13.0. The summed E-state index contributed by atoms with van der Waals surface area (Å²) < 4.78 is 5.80. The normalized spacial score (nSPS) is 35.4. The van der Waals surface area contributed by atoms with Crippen LogP contribution in [0.25, 0.3) is 0 Å². The van der Waals surface area contributed by atoms with Gasteiger partial charge in [0.05, 0.1) is 6.61 Å². The number of ketones is 2. The van der Waals surface area contributed by atoms with Gasteiger partial charge in [0, 0.05) is 17.3 Å². The highest BCUT2D eigenvalue weighted by Crippen LogP contribution is 2.63. The van der Waals surface area contributed by atoms with Crippen molar-refractivity contribution in [2.75, 3.05) is 6.61 Å². The SMILES string of the molecule is CC(C)C1(OCC2(C(C)(C)c3ccccn3)C(=O)C2(N)C(=O)O)C(=O)C1(N)C(=O)O. The standard InChI is InChI=1S/C20H25N3O7/c1-10(2)20(13(25)19(20,22)15(28)29)30-9-17(12(24)18(17,21)14(26)27)16(3,4)11-7-5-6-8-23-11/h5-8,10H,9,21-22H2,1-4H3,(H,26,27)(H,28,29). The summed E-state index contributed by atoms with van der Waals surface area (Å²) in [4.78, 5) is 53.3. The summed E-state index contributed by atoms with van der Waals surface area (Å²) in [6.07, 6.45) is 1.49. The molecular formula is C20H25N3O7. The number of carboxylic acid groups (broad SMARTS) is 2. The first-order valence-electron chi connectivity index (χ1n) is 9.40. The Balaban J connectivity index is 2.08. The molecule has 1 aromatic heterocycles. The van der Waals surface area contributed by atoms with Gasteiger partial charge >= 0.3 is 11.9 Å². The van der Waals surface area contributed by atoms with Gasteiger partial charge < -0.3 is 26.4 Å². The maximum absolute atomic E-state index is 13.0. The van der Waals surface area contributed by atoms with Crippen LogP contribution in [0.15, 0.2) is 24.4 Å². The minimum atomic E-state index is -2.29. The van der Waals surface area contributed by atoms with Crippen LogP contribution in [0.5, 0.6) is 0 Å². The second-order valence-electron chi connectivity index (χ2n) is 8.81. The van der Waals surface area contributed by atoms with Crippen molar-refractivity contribution in [1.82, 2.24) is 4.98 Å². The highest BCUT2D eigenvalue weighted by atomic mass is 16.5. The van der Waals surface area contributed by atoms with Crippen LogP contribution in [0, 0.1) is 11.3 Å². The third-order valence-corrected chi connectivity index (χ3v) is 6.95. The molecule has 2 aliphatic rings. The van der Waals surface area contributed by atoms with Crippen molar-refractivity contribution in [3.63, 3.8) is 0 Å². The lowest BCUT2D eigenvalue weighted by molar-refractivity contribution is -0.147. The van der Waals surface area contributed by atoms with Crippen molar-refractivity contribution >= 4 is 23.5 Å². The Morgan fingerprint density at radius 1 is 1.10 bits per heavy atom. The van der Waals surface area contributed by atoms with Gasteiger partial charge in [-0.15, -0.1) is 0 Å². The summed E-state index contributed by atoms with van der Waals surface area (Å²) in [6, 6.07) is 4.97. The highest BCUT2D eigenvalue weighted by molar-refractivity contribution is 6.30. The molecule has 0 amide bonds. The number of rotatable bonds is 8. The first kappa shape index (κ1) is 22.0. The van der Waals surface area contributed by atoms with Gasteiger partial charge in [-0.25, -0.2) is 9.59 Å². The Kier molecular flexibility index (Phi) is 4.52. The van der Waals surface area contributed by atoms with Crippen molar-refractivity contribution in [1.29, 1.82) is 0 Å². The third kappa shape index (κ3) is 2.16. The molecule has 30 heavy (non-hydrogen) atoms. The molecule has 2 saturated carbocycles. The lowest BCUT2D eigenvalue weighted by Gasteiger charge is -2.36. The van der Waals surface area contributed by atoms with Crippen molar-refractivity contribution in [3.05, 3.63) is 30.1 Å². The first-order valence-corrected chi connectivity index (χ1v) is 9.40. The van der Waals surface area contributed by atoms with E-state index in [2.05, 4.69) is 4.98 Å². The van der Waals surface area contributed by atoms with Crippen LogP contribution in [0.4, 0.5) is 0 Å². The van der Waals surface area contributed by atoms with Crippen LogP contribution in [-0.4, -0.2) is 62.0 Å². The molecule has 2 aliphatic carbocycles. The predicted molar refractivity (Wildman–Crippen MR) is 102 cm³/mol.